The lowest BCUT2D eigenvalue weighted by atomic mass is 10.0. The molecule has 2 atom stereocenters. The third-order valence-corrected chi connectivity index (χ3v) is 12.9. The van der Waals surface area contributed by atoms with Gasteiger partial charge in [0, 0.05) is 12.8 Å². The van der Waals surface area contributed by atoms with Crippen molar-refractivity contribution in [2.24, 2.45) is 0 Å². The molecule has 0 aromatic heterocycles. The van der Waals surface area contributed by atoms with Crippen molar-refractivity contribution in [2.75, 3.05) is 47.5 Å². The summed E-state index contributed by atoms with van der Waals surface area (Å²) in [5.41, 5.74) is 0. The van der Waals surface area contributed by atoms with E-state index in [-0.39, 0.29) is 32.2 Å². The van der Waals surface area contributed by atoms with Gasteiger partial charge in [-0.15, -0.1) is 0 Å². The van der Waals surface area contributed by atoms with Crippen LogP contribution >= 0.6 is 0 Å². The smallest absolute Gasteiger partial charge is 0.361 e. The number of hydrogen-bond donors (Lipinski definition) is 1. The first-order chi connectivity index (χ1) is 33.6. The maximum absolute atomic E-state index is 12.9. The van der Waals surface area contributed by atoms with Gasteiger partial charge in [-0.05, 0) is 51.4 Å². The van der Waals surface area contributed by atoms with Gasteiger partial charge in [-0.2, -0.15) is 0 Å². The number of ether oxygens (including phenoxy) is 4. The van der Waals surface area contributed by atoms with Gasteiger partial charge in [0.05, 0.1) is 34.4 Å². The second kappa shape index (κ2) is 51.9. The zero-order chi connectivity index (χ0) is 50.6. The summed E-state index contributed by atoms with van der Waals surface area (Å²) in [6, 6.07) is 0. The van der Waals surface area contributed by atoms with Gasteiger partial charge < -0.3 is 28.5 Å². The average molecular weight is 976 g/mol. The van der Waals surface area contributed by atoms with Crippen molar-refractivity contribution in [2.45, 2.75) is 283 Å². The zero-order valence-corrected chi connectivity index (χ0v) is 46.0. The van der Waals surface area contributed by atoms with Crippen LogP contribution in [0.3, 0.4) is 0 Å². The maximum atomic E-state index is 12.9. The molecule has 0 radical (unpaired) electrons. The fourth-order valence-electron chi connectivity index (χ4n) is 8.38. The number of aliphatic carboxylic acids is 1. The molecule has 9 heteroatoms. The van der Waals surface area contributed by atoms with Crippen LogP contribution in [-0.4, -0.2) is 87.4 Å². The van der Waals surface area contributed by atoms with E-state index in [0.717, 1.165) is 51.4 Å². The maximum Gasteiger partial charge on any atom is 0.361 e. The molecule has 0 saturated heterocycles. The number of nitrogens with zero attached hydrogens (tertiary/aromatic N) is 1. The summed E-state index contributed by atoms with van der Waals surface area (Å²) in [6.07, 6.45) is 59.3. The largest absolute Gasteiger partial charge is 0.477 e. The van der Waals surface area contributed by atoms with Gasteiger partial charge in [-0.3, -0.25) is 9.59 Å². The Balaban J connectivity index is 4.21. The highest BCUT2D eigenvalue weighted by atomic mass is 16.7. The molecule has 69 heavy (non-hydrogen) atoms. The monoisotopic (exact) mass is 975 g/mol. The normalized spacial score (nSPS) is 13.0. The molecule has 0 heterocycles. The molecule has 0 amide bonds. The fraction of sp³-hybridized carbons (Fsp3) is 0.850. The summed E-state index contributed by atoms with van der Waals surface area (Å²) in [6.45, 7) is 4.90. The lowest BCUT2D eigenvalue weighted by molar-refractivity contribution is -0.870. The molecule has 0 bridgehead atoms. The van der Waals surface area contributed by atoms with Crippen molar-refractivity contribution < 1.29 is 42.9 Å². The third kappa shape index (κ3) is 53.1. The average Bonchev–Trinajstić information content (AvgIpc) is 3.31. The van der Waals surface area contributed by atoms with Crippen molar-refractivity contribution in [3.05, 3.63) is 36.5 Å². The van der Waals surface area contributed by atoms with Crippen LogP contribution in [-0.2, 0) is 33.3 Å². The topological polar surface area (TPSA) is 108 Å². The van der Waals surface area contributed by atoms with E-state index in [4.69, 9.17) is 18.9 Å². The van der Waals surface area contributed by atoms with Crippen LogP contribution in [0.25, 0.3) is 0 Å². The number of unbranched alkanes of at least 4 members (excludes halogenated alkanes) is 33. The Morgan fingerprint density at radius 3 is 1.16 bits per heavy atom. The standard InChI is InChI=1S/C60H111NO8/c1-6-8-10-12-14-16-18-20-22-24-25-26-27-28-29-30-31-32-33-35-37-39-41-43-45-47-49-51-58(63)69-56(55-68-60(59(64)65)66-53-52-61(3,4)5)54-67-57(62)50-48-46-44-42-40-38-36-34-23-21-19-17-15-13-11-9-7-2/h18,20,24-25,27-28,56,60H,6-17,19,21-23,26,29-55H2,1-5H3/p+1/b20-18-,25-24-,28-27-. The van der Waals surface area contributed by atoms with Crippen LogP contribution < -0.4 is 0 Å². The molecule has 0 aromatic rings. The van der Waals surface area contributed by atoms with Gasteiger partial charge in [0.25, 0.3) is 6.29 Å². The van der Waals surface area contributed by atoms with Crippen molar-refractivity contribution in [1.29, 1.82) is 0 Å². The molecule has 404 valence electrons. The molecule has 1 N–H and O–H groups in total. The van der Waals surface area contributed by atoms with E-state index >= 15 is 0 Å². The number of carboxylic acid groups (broad SMARTS) is 1. The Labute approximate surface area is 426 Å². The Morgan fingerprint density at radius 1 is 0.435 bits per heavy atom. The lowest BCUT2D eigenvalue weighted by Crippen LogP contribution is -2.40. The van der Waals surface area contributed by atoms with Crippen molar-refractivity contribution in [1.82, 2.24) is 0 Å². The highest BCUT2D eigenvalue weighted by Crippen LogP contribution is 2.17. The van der Waals surface area contributed by atoms with E-state index in [0.29, 0.717) is 17.4 Å². The first-order valence-electron chi connectivity index (χ1n) is 29.2. The Morgan fingerprint density at radius 2 is 0.783 bits per heavy atom. The van der Waals surface area contributed by atoms with E-state index in [2.05, 4.69) is 50.3 Å². The highest BCUT2D eigenvalue weighted by Gasteiger charge is 2.25. The van der Waals surface area contributed by atoms with Crippen LogP contribution in [0.1, 0.15) is 271 Å². The molecule has 9 nitrogen and oxygen atoms in total. The van der Waals surface area contributed by atoms with E-state index in [1.54, 1.807) is 0 Å². The first-order valence-corrected chi connectivity index (χ1v) is 29.2. The minimum Gasteiger partial charge on any atom is -0.477 e. The van der Waals surface area contributed by atoms with Crippen molar-refractivity contribution >= 4 is 17.9 Å². The van der Waals surface area contributed by atoms with Crippen LogP contribution in [0.4, 0.5) is 0 Å². The number of carbonyl (C=O) groups is 3. The molecule has 0 aliphatic carbocycles. The van der Waals surface area contributed by atoms with Crippen molar-refractivity contribution in [3.8, 4) is 0 Å². The molecule has 0 aliphatic rings. The second-order valence-electron chi connectivity index (χ2n) is 21.0. The number of carboxylic acids is 1. The van der Waals surface area contributed by atoms with E-state index in [1.807, 2.05) is 21.1 Å². The Bertz CT molecular complexity index is 1230. The summed E-state index contributed by atoms with van der Waals surface area (Å²) in [4.78, 5) is 37.4. The van der Waals surface area contributed by atoms with Gasteiger partial charge >= 0.3 is 17.9 Å². The minimum absolute atomic E-state index is 0.178. The Hall–Kier alpha value is -2.49. The zero-order valence-electron chi connectivity index (χ0n) is 46.0. The van der Waals surface area contributed by atoms with Crippen LogP contribution in [0.5, 0.6) is 0 Å². The van der Waals surface area contributed by atoms with E-state index in [9.17, 15) is 19.5 Å². The highest BCUT2D eigenvalue weighted by molar-refractivity contribution is 5.71. The van der Waals surface area contributed by atoms with Crippen LogP contribution in [0.15, 0.2) is 36.5 Å². The van der Waals surface area contributed by atoms with Crippen LogP contribution in [0.2, 0.25) is 0 Å². The third-order valence-electron chi connectivity index (χ3n) is 12.9. The summed E-state index contributed by atoms with van der Waals surface area (Å²) in [5, 5.41) is 9.70. The number of rotatable bonds is 54. The first kappa shape index (κ1) is 66.5. The summed E-state index contributed by atoms with van der Waals surface area (Å²) in [7, 11) is 5.97. The number of likely N-dealkylation sites (N-methyl/N-ethyl adjacent to an activating group) is 1. The fourth-order valence-corrected chi connectivity index (χ4v) is 8.38. The van der Waals surface area contributed by atoms with Crippen LogP contribution in [0, 0.1) is 0 Å². The predicted molar refractivity (Wildman–Crippen MR) is 291 cm³/mol. The van der Waals surface area contributed by atoms with E-state index < -0.39 is 24.3 Å². The molecule has 2 unspecified atom stereocenters. The van der Waals surface area contributed by atoms with E-state index in [1.165, 1.54) is 193 Å². The van der Waals surface area contributed by atoms with Gasteiger partial charge in [-0.1, -0.05) is 243 Å². The molecular weight excluding hydrogens is 863 g/mol. The molecule has 0 fully saturated rings. The number of esters is 2. The number of allylic oxidation sites excluding steroid dienone is 6. The number of carbonyl (C=O) groups excluding carboxylic acids is 2. The number of quaternary nitrogens is 1. The molecule has 0 aromatic carbocycles. The quantitative estimate of drug-likeness (QED) is 0.0211. The molecular formula is C60H112NO8+. The molecule has 0 spiro atoms. The SMILES string of the molecule is CCCCCCC/C=C\C/C=C\C/C=C\CCCCCCCCCCCCCCC(=O)OC(COC(=O)CCCCCCCCCCCCCCCCCCC)COC(OCC[N+](C)(C)C)C(=O)O. The number of hydrogen-bond acceptors (Lipinski definition) is 7. The summed E-state index contributed by atoms with van der Waals surface area (Å²) >= 11 is 0. The lowest BCUT2D eigenvalue weighted by Gasteiger charge is -2.25. The molecule has 0 saturated carbocycles. The molecule has 0 rings (SSSR count). The van der Waals surface area contributed by atoms with Gasteiger partial charge in [0.15, 0.2) is 6.10 Å². The second-order valence-corrected chi connectivity index (χ2v) is 21.0. The van der Waals surface area contributed by atoms with Gasteiger partial charge in [0.1, 0.15) is 13.2 Å². The minimum atomic E-state index is -1.51. The van der Waals surface area contributed by atoms with Crippen molar-refractivity contribution in [3.63, 3.8) is 0 Å². The summed E-state index contributed by atoms with van der Waals surface area (Å²) < 4.78 is 22.9. The summed E-state index contributed by atoms with van der Waals surface area (Å²) in [5.74, 6) is -1.99. The molecule has 0 aliphatic heterocycles. The van der Waals surface area contributed by atoms with Gasteiger partial charge in [0.2, 0.25) is 0 Å². The Kier molecular flexibility index (Phi) is 50.0. The van der Waals surface area contributed by atoms with Gasteiger partial charge in [-0.25, -0.2) is 4.79 Å². The predicted octanol–water partition coefficient (Wildman–Crippen LogP) is 16.9.